The number of hydrogen-bond acceptors (Lipinski definition) is 3. The van der Waals surface area contributed by atoms with Crippen LogP contribution >= 0.6 is 0 Å². The van der Waals surface area contributed by atoms with Gasteiger partial charge in [-0.25, -0.2) is 0 Å². The van der Waals surface area contributed by atoms with Crippen molar-refractivity contribution >= 4 is 11.9 Å². The molecule has 5 heteroatoms. The standard InChI is InChI=1S/C12H22N2O3/c15-11(14-7-1-2-12(16)17)4-3-10-5-8-13-9-6-10/h10,13H,1-9H2,(H,14,15)(H,16,17). The molecule has 0 aliphatic carbocycles. The SMILES string of the molecule is O=C(O)CCCNC(=O)CCC1CCNCC1. The lowest BCUT2D eigenvalue weighted by Crippen LogP contribution is -2.29. The van der Waals surface area contributed by atoms with Gasteiger partial charge in [-0.15, -0.1) is 0 Å². The zero-order chi connectivity index (χ0) is 12.5. The number of aliphatic carboxylic acids is 1. The largest absolute Gasteiger partial charge is 0.481 e. The molecule has 3 N–H and O–H groups in total. The number of nitrogens with one attached hydrogen (secondary N) is 2. The highest BCUT2D eigenvalue weighted by atomic mass is 16.4. The molecule has 17 heavy (non-hydrogen) atoms. The Balaban J connectivity index is 1.98. The molecule has 5 nitrogen and oxygen atoms in total. The number of carbonyl (C=O) groups excluding carboxylic acids is 1. The molecule has 1 saturated heterocycles. The third-order valence-electron chi connectivity index (χ3n) is 3.13. The van der Waals surface area contributed by atoms with Gasteiger partial charge in [0.2, 0.25) is 5.91 Å². The van der Waals surface area contributed by atoms with E-state index in [1.807, 2.05) is 0 Å². The van der Waals surface area contributed by atoms with Crippen LogP contribution in [0.4, 0.5) is 0 Å². The number of amides is 1. The number of rotatable bonds is 7. The Morgan fingerprint density at radius 2 is 1.94 bits per heavy atom. The molecule has 0 aromatic carbocycles. The molecule has 1 rings (SSSR count). The van der Waals surface area contributed by atoms with E-state index in [4.69, 9.17) is 5.11 Å². The minimum atomic E-state index is -0.811. The van der Waals surface area contributed by atoms with Gasteiger partial charge in [-0.1, -0.05) is 0 Å². The summed E-state index contributed by atoms with van der Waals surface area (Å²) in [5.41, 5.74) is 0. The average molecular weight is 242 g/mol. The minimum Gasteiger partial charge on any atom is -0.481 e. The summed E-state index contributed by atoms with van der Waals surface area (Å²) in [6.45, 7) is 2.59. The number of piperidine rings is 1. The van der Waals surface area contributed by atoms with Gasteiger partial charge in [0.25, 0.3) is 0 Å². The van der Waals surface area contributed by atoms with E-state index in [9.17, 15) is 9.59 Å². The summed E-state index contributed by atoms with van der Waals surface area (Å²) in [7, 11) is 0. The van der Waals surface area contributed by atoms with Gasteiger partial charge in [-0.05, 0) is 44.7 Å². The lowest BCUT2D eigenvalue weighted by atomic mass is 9.93. The van der Waals surface area contributed by atoms with Gasteiger partial charge in [0.15, 0.2) is 0 Å². The summed E-state index contributed by atoms with van der Waals surface area (Å²) in [5.74, 6) is -0.0936. The molecule has 1 fully saturated rings. The molecule has 0 bridgehead atoms. The van der Waals surface area contributed by atoms with Crippen LogP contribution in [0.5, 0.6) is 0 Å². The first-order chi connectivity index (χ1) is 8.18. The summed E-state index contributed by atoms with van der Waals surface area (Å²) in [6.07, 6.45) is 4.46. The van der Waals surface area contributed by atoms with E-state index >= 15 is 0 Å². The van der Waals surface area contributed by atoms with Crippen LogP contribution in [0.1, 0.15) is 38.5 Å². The van der Waals surface area contributed by atoms with Gasteiger partial charge in [0, 0.05) is 19.4 Å². The molecule has 1 heterocycles. The molecular weight excluding hydrogens is 220 g/mol. The van der Waals surface area contributed by atoms with Gasteiger partial charge < -0.3 is 15.7 Å². The number of carboxylic acids is 1. The van der Waals surface area contributed by atoms with Gasteiger partial charge in [0.05, 0.1) is 0 Å². The fourth-order valence-electron chi connectivity index (χ4n) is 2.06. The zero-order valence-corrected chi connectivity index (χ0v) is 10.2. The highest BCUT2D eigenvalue weighted by molar-refractivity contribution is 5.75. The summed E-state index contributed by atoms with van der Waals surface area (Å²) < 4.78 is 0. The quantitative estimate of drug-likeness (QED) is 0.576. The topological polar surface area (TPSA) is 78.4 Å². The summed E-state index contributed by atoms with van der Waals surface area (Å²) in [6, 6.07) is 0. The van der Waals surface area contributed by atoms with Crippen molar-refractivity contribution in [2.45, 2.75) is 38.5 Å². The minimum absolute atomic E-state index is 0.0499. The molecular formula is C12H22N2O3. The van der Waals surface area contributed by atoms with E-state index in [2.05, 4.69) is 10.6 Å². The molecule has 0 unspecified atom stereocenters. The predicted molar refractivity (Wildman–Crippen MR) is 64.7 cm³/mol. The summed E-state index contributed by atoms with van der Waals surface area (Å²) in [5, 5.41) is 14.5. The van der Waals surface area contributed by atoms with Crippen molar-refractivity contribution in [3.63, 3.8) is 0 Å². The third-order valence-corrected chi connectivity index (χ3v) is 3.13. The van der Waals surface area contributed by atoms with E-state index in [1.165, 1.54) is 0 Å². The highest BCUT2D eigenvalue weighted by Crippen LogP contribution is 2.17. The smallest absolute Gasteiger partial charge is 0.303 e. The lowest BCUT2D eigenvalue weighted by Gasteiger charge is -2.22. The maximum Gasteiger partial charge on any atom is 0.303 e. The molecule has 0 spiro atoms. The Hall–Kier alpha value is -1.10. The maximum atomic E-state index is 11.5. The molecule has 1 amide bonds. The Morgan fingerprint density at radius 3 is 2.59 bits per heavy atom. The Kier molecular flexibility index (Phi) is 6.62. The fraction of sp³-hybridized carbons (Fsp3) is 0.833. The van der Waals surface area contributed by atoms with Crippen LogP contribution in [-0.4, -0.2) is 36.6 Å². The van der Waals surface area contributed by atoms with E-state index in [0.29, 0.717) is 25.3 Å². The first kappa shape index (κ1) is 14.0. The van der Waals surface area contributed by atoms with Gasteiger partial charge in [-0.3, -0.25) is 9.59 Å². The molecule has 0 aromatic heterocycles. The Morgan fingerprint density at radius 1 is 1.24 bits per heavy atom. The van der Waals surface area contributed by atoms with Gasteiger partial charge in [-0.2, -0.15) is 0 Å². The van der Waals surface area contributed by atoms with Crippen LogP contribution in [0.15, 0.2) is 0 Å². The summed E-state index contributed by atoms with van der Waals surface area (Å²) in [4.78, 5) is 21.7. The second kappa shape index (κ2) is 8.06. The summed E-state index contributed by atoms with van der Waals surface area (Å²) >= 11 is 0. The Labute approximate surface area is 102 Å². The Bertz CT molecular complexity index is 250. The third kappa shape index (κ3) is 6.94. The second-order valence-electron chi connectivity index (χ2n) is 4.58. The van der Waals surface area contributed by atoms with Gasteiger partial charge >= 0.3 is 5.97 Å². The van der Waals surface area contributed by atoms with Crippen LogP contribution < -0.4 is 10.6 Å². The molecule has 0 radical (unpaired) electrons. The lowest BCUT2D eigenvalue weighted by molar-refractivity contribution is -0.137. The van der Waals surface area contributed by atoms with Crippen LogP contribution in [0, 0.1) is 5.92 Å². The maximum absolute atomic E-state index is 11.5. The van der Waals surface area contributed by atoms with Crippen LogP contribution in [0.2, 0.25) is 0 Å². The molecule has 0 saturated carbocycles. The predicted octanol–water partition coefficient (Wildman–Crippen LogP) is 0.747. The first-order valence-corrected chi connectivity index (χ1v) is 6.37. The second-order valence-corrected chi connectivity index (χ2v) is 4.58. The van der Waals surface area contributed by atoms with E-state index in [-0.39, 0.29) is 12.3 Å². The normalized spacial score (nSPS) is 16.7. The number of carbonyl (C=O) groups is 2. The molecule has 0 aromatic rings. The molecule has 1 aliphatic heterocycles. The average Bonchev–Trinajstić information content (AvgIpc) is 2.33. The number of hydrogen-bond donors (Lipinski definition) is 3. The molecule has 98 valence electrons. The first-order valence-electron chi connectivity index (χ1n) is 6.37. The number of carboxylic acid groups (broad SMARTS) is 1. The van der Waals surface area contributed by atoms with Crippen LogP contribution in [0.25, 0.3) is 0 Å². The van der Waals surface area contributed by atoms with E-state index in [0.717, 1.165) is 32.4 Å². The highest BCUT2D eigenvalue weighted by Gasteiger charge is 2.14. The van der Waals surface area contributed by atoms with Crippen LogP contribution in [-0.2, 0) is 9.59 Å². The van der Waals surface area contributed by atoms with Crippen molar-refractivity contribution in [1.82, 2.24) is 10.6 Å². The molecule has 0 atom stereocenters. The van der Waals surface area contributed by atoms with Gasteiger partial charge in [0.1, 0.15) is 0 Å². The van der Waals surface area contributed by atoms with Crippen molar-refractivity contribution in [3.05, 3.63) is 0 Å². The van der Waals surface area contributed by atoms with Crippen molar-refractivity contribution in [1.29, 1.82) is 0 Å². The van der Waals surface area contributed by atoms with Crippen molar-refractivity contribution in [2.75, 3.05) is 19.6 Å². The van der Waals surface area contributed by atoms with E-state index < -0.39 is 5.97 Å². The fourth-order valence-corrected chi connectivity index (χ4v) is 2.06. The van der Waals surface area contributed by atoms with Crippen LogP contribution in [0.3, 0.4) is 0 Å². The van der Waals surface area contributed by atoms with E-state index in [1.54, 1.807) is 0 Å². The van der Waals surface area contributed by atoms with Crippen molar-refractivity contribution < 1.29 is 14.7 Å². The monoisotopic (exact) mass is 242 g/mol. The van der Waals surface area contributed by atoms with Crippen molar-refractivity contribution in [3.8, 4) is 0 Å². The molecule has 1 aliphatic rings. The zero-order valence-electron chi connectivity index (χ0n) is 10.2. The van der Waals surface area contributed by atoms with Crippen molar-refractivity contribution in [2.24, 2.45) is 5.92 Å².